The number of halogens is 3. The molecule has 0 radical (unpaired) electrons. The predicted octanol–water partition coefficient (Wildman–Crippen LogP) is 5.96. The SMILES string of the molecule is Cc1ccc(OCCn2c([C@H]3CC(=O)N(c4cccc(C(F)(F)F)c4)C3)nc3ccccc32)cc1. The van der Waals surface area contributed by atoms with E-state index in [-0.39, 0.29) is 30.5 Å². The van der Waals surface area contributed by atoms with Crippen molar-refractivity contribution in [3.63, 3.8) is 0 Å². The first kappa shape index (κ1) is 23.0. The van der Waals surface area contributed by atoms with Crippen molar-refractivity contribution in [1.29, 1.82) is 0 Å². The number of ether oxygens (including phenoxy) is 1. The van der Waals surface area contributed by atoms with Gasteiger partial charge in [-0.2, -0.15) is 13.2 Å². The molecule has 5 rings (SSSR count). The molecule has 4 aromatic rings. The number of benzene rings is 3. The summed E-state index contributed by atoms with van der Waals surface area (Å²) in [4.78, 5) is 19.1. The number of para-hydroxylation sites is 2. The molecule has 3 aromatic carbocycles. The molecular weight excluding hydrogens is 455 g/mol. The molecule has 0 unspecified atom stereocenters. The third-order valence-electron chi connectivity index (χ3n) is 6.26. The number of hydrogen-bond donors (Lipinski definition) is 0. The number of carbonyl (C=O) groups is 1. The van der Waals surface area contributed by atoms with E-state index in [1.165, 1.54) is 17.0 Å². The van der Waals surface area contributed by atoms with E-state index in [0.717, 1.165) is 40.3 Å². The number of amides is 1. The third-order valence-corrected chi connectivity index (χ3v) is 6.26. The lowest BCUT2D eigenvalue weighted by Crippen LogP contribution is -2.25. The molecule has 0 N–H and O–H groups in total. The summed E-state index contributed by atoms with van der Waals surface area (Å²) in [6, 6.07) is 20.4. The van der Waals surface area contributed by atoms with Crippen molar-refractivity contribution in [3.8, 4) is 5.75 Å². The highest BCUT2D eigenvalue weighted by atomic mass is 19.4. The Hall–Kier alpha value is -3.81. The first-order chi connectivity index (χ1) is 16.8. The van der Waals surface area contributed by atoms with E-state index in [1.807, 2.05) is 55.5 Å². The molecular formula is C27H24F3N3O2. The monoisotopic (exact) mass is 479 g/mol. The zero-order valence-electron chi connectivity index (χ0n) is 19.1. The largest absolute Gasteiger partial charge is 0.492 e. The van der Waals surface area contributed by atoms with Gasteiger partial charge in [0.2, 0.25) is 5.91 Å². The Labute approximate surface area is 200 Å². The summed E-state index contributed by atoms with van der Waals surface area (Å²) in [6.07, 6.45) is -4.29. The van der Waals surface area contributed by atoms with E-state index < -0.39 is 11.7 Å². The van der Waals surface area contributed by atoms with Crippen LogP contribution in [0.2, 0.25) is 0 Å². The van der Waals surface area contributed by atoms with E-state index in [1.54, 1.807) is 0 Å². The van der Waals surface area contributed by atoms with Gasteiger partial charge in [-0.05, 0) is 49.4 Å². The lowest BCUT2D eigenvalue weighted by molar-refractivity contribution is -0.137. The number of aromatic nitrogens is 2. The van der Waals surface area contributed by atoms with Gasteiger partial charge in [-0.15, -0.1) is 0 Å². The first-order valence-electron chi connectivity index (χ1n) is 11.4. The Bertz CT molecular complexity index is 1360. The second-order valence-corrected chi connectivity index (χ2v) is 8.73. The molecule has 1 aliphatic heterocycles. The van der Waals surface area contributed by atoms with Crippen LogP contribution in [0.1, 0.15) is 29.3 Å². The van der Waals surface area contributed by atoms with Gasteiger partial charge in [-0.1, -0.05) is 35.9 Å². The highest BCUT2D eigenvalue weighted by Gasteiger charge is 2.36. The van der Waals surface area contributed by atoms with Crippen molar-refractivity contribution in [3.05, 3.63) is 89.7 Å². The van der Waals surface area contributed by atoms with Crippen LogP contribution >= 0.6 is 0 Å². The topological polar surface area (TPSA) is 47.4 Å². The Morgan fingerprint density at radius 1 is 1.03 bits per heavy atom. The standard InChI is InChI=1S/C27H24F3N3O2/c1-18-9-11-22(12-10-18)35-14-13-32-24-8-3-2-7-23(24)31-26(32)19-15-25(34)33(17-19)21-6-4-5-20(16-21)27(28,29)30/h2-12,16,19H,13-15,17H2,1H3/t19-/m0/s1. The molecule has 1 aromatic heterocycles. The minimum absolute atomic E-state index is 0.179. The van der Waals surface area contributed by atoms with Crippen LogP contribution in [0, 0.1) is 6.92 Å². The maximum absolute atomic E-state index is 13.2. The fourth-order valence-electron chi connectivity index (χ4n) is 4.51. The summed E-state index contributed by atoms with van der Waals surface area (Å²) in [5, 5.41) is 0. The number of rotatable bonds is 6. The van der Waals surface area contributed by atoms with E-state index in [2.05, 4.69) is 4.57 Å². The molecule has 0 spiro atoms. The highest BCUT2D eigenvalue weighted by Crippen LogP contribution is 2.36. The number of carbonyl (C=O) groups excluding carboxylic acids is 1. The molecule has 1 saturated heterocycles. The second-order valence-electron chi connectivity index (χ2n) is 8.73. The molecule has 0 aliphatic carbocycles. The lowest BCUT2D eigenvalue weighted by atomic mass is 10.1. The predicted molar refractivity (Wildman–Crippen MR) is 128 cm³/mol. The zero-order chi connectivity index (χ0) is 24.6. The Kier molecular flexibility index (Phi) is 5.96. The van der Waals surface area contributed by atoms with Gasteiger partial charge in [0.25, 0.3) is 0 Å². The average Bonchev–Trinajstić information content (AvgIpc) is 3.40. The second kappa shape index (κ2) is 9.09. The summed E-state index contributed by atoms with van der Waals surface area (Å²) in [7, 11) is 0. The van der Waals surface area contributed by atoms with Crippen LogP contribution in [0.3, 0.4) is 0 Å². The number of nitrogens with zero attached hydrogens (tertiary/aromatic N) is 3. The van der Waals surface area contributed by atoms with Gasteiger partial charge < -0.3 is 14.2 Å². The zero-order valence-corrected chi connectivity index (χ0v) is 19.1. The third kappa shape index (κ3) is 4.73. The Balaban J connectivity index is 1.39. The normalized spacial score (nSPS) is 16.3. The highest BCUT2D eigenvalue weighted by molar-refractivity contribution is 5.96. The minimum Gasteiger partial charge on any atom is -0.492 e. The van der Waals surface area contributed by atoms with Gasteiger partial charge in [0.15, 0.2) is 0 Å². The van der Waals surface area contributed by atoms with Crippen molar-refractivity contribution in [2.75, 3.05) is 18.1 Å². The molecule has 1 amide bonds. The van der Waals surface area contributed by atoms with Crippen molar-refractivity contribution >= 4 is 22.6 Å². The number of anilines is 1. The van der Waals surface area contributed by atoms with Gasteiger partial charge in [0, 0.05) is 24.6 Å². The number of aryl methyl sites for hydroxylation is 1. The van der Waals surface area contributed by atoms with Gasteiger partial charge in [0.1, 0.15) is 18.2 Å². The average molecular weight is 480 g/mol. The maximum atomic E-state index is 13.2. The fourth-order valence-corrected chi connectivity index (χ4v) is 4.51. The van der Waals surface area contributed by atoms with Crippen LogP contribution in [0.15, 0.2) is 72.8 Å². The molecule has 5 nitrogen and oxygen atoms in total. The van der Waals surface area contributed by atoms with Crippen molar-refractivity contribution in [2.45, 2.75) is 32.0 Å². The van der Waals surface area contributed by atoms with E-state index in [0.29, 0.717) is 13.2 Å². The molecule has 1 fully saturated rings. The van der Waals surface area contributed by atoms with E-state index in [9.17, 15) is 18.0 Å². The van der Waals surface area contributed by atoms with Crippen LogP contribution in [-0.4, -0.2) is 28.6 Å². The molecule has 1 atom stereocenters. The van der Waals surface area contributed by atoms with Gasteiger partial charge in [-0.25, -0.2) is 4.98 Å². The molecule has 2 heterocycles. The summed E-state index contributed by atoms with van der Waals surface area (Å²) < 4.78 is 47.6. The summed E-state index contributed by atoms with van der Waals surface area (Å²) >= 11 is 0. The van der Waals surface area contributed by atoms with Crippen LogP contribution < -0.4 is 9.64 Å². The van der Waals surface area contributed by atoms with Crippen LogP contribution in [-0.2, 0) is 17.5 Å². The molecule has 35 heavy (non-hydrogen) atoms. The van der Waals surface area contributed by atoms with Gasteiger partial charge >= 0.3 is 6.18 Å². The molecule has 8 heteroatoms. The van der Waals surface area contributed by atoms with Crippen molar-refractivity contribution in [2.24, 2.45) is 0 Å². The lowest BCUT2D eigenvalue weighted by Gasteiger charge is -2.19. The quantitative estimate of drug-likeness (QED) is 0.343. The summed E-state index contributed by atoms with van der Waals surface area (Å²) in [6.45, 7) is 3.22. The van der Waals surface area contributed by atoms with Crippen molar-refractivity contribution < 1.29 is 22.7 Å². The van der Waals surface area contributed by atoms with Crippen LogP contribution in [0.5, 0.6) is 5.75 Å². The maximum Gasteiger partial charge on any atom is 0.416 e. The number of hydrogen-bond acceptors (Lipinski definition) is 3. The smallest absolute Gasteiger partial charge is 0.416 e. The minimum atomic E-state index is -4.47. The summed E-state index contributed by atoms with van der Waals surface area (Å²) in [5.74, 6) is 1.04. The molecule has 0 bridgehead atoms. The van der Waals surface area contributed by atoms with Gasteiger partial charge in [0.05, 0.1) is 23.1 Å². The van der Waals surface area contributed by atoms with Gasteiger partial charge in [-0.3, -0.25) is 4.79 Å². The van der Waals surface area contributed by atoms with E-state index in [4.69, 9.17) is 9.72 Å². The fraction of sp³-hybridized carbons (Fsp3) is 0.259. The van der Waals surface area contributed by atoms with Crippen LogP contribution in [0.4, 0.5) is 18.9 Å². The number of alkyl halides is 3. The first-order valence-corrected chi connectivity index (χ1v) is 11.4. The molecule has 0 saturated carbocycles. The Morgan fingerprint density at radius 3 is 2.57 bits per heavy atom. The number of imidazole rings is 1. The van der Waals surface area contributed by atoms with E-state index >= 15 is 0 Å². The van der Waals surface area contributed by atoms with Crippen LogP contribution in [0.25, 0.3) is 11.0 Å². The molecule has 180 valence electrons. The molecule has 1 aliphatic rings. The Morgan fingerprint density at radius 2 is 1.80 bits per heavy atom. The summed E-state index contributed by atoms with van der Waals surface area (Å²) in [5.41, 5.74) is 2.36. The van der Waals surface area contributed by atoms with Crippen molar-refractivity contribution in [1.82, 2.24) is 9.55 Å². The number of fused-ring (bicyclic) bond motifs is 1.